The van der Waals surface area contributed by atoms with Gasteiger partial charge in [0.15, 0.2) is 0 Å². The van der Waals surface area contributed by atoms with Crippen LogP contribution in [-0.4, -0.2) is 10.7 Å². The molecule has 1 heterocycles. The lowest BCUT2D eigenvalue weighted by Crippen LogP contribution is -1.92. The highest BCUT2D eigenvalue weighted by Gasteiger charge is 1.94. The van der Waals surface area contributed by atoms with E-state index in [0.717, 1.165) is 11.3 Å². The molecule has 1 aromatic heterocycles. The van der Waals surface area contributed by atoms with Gasteiger partial charge in [-0.05, 0) is 24.5 Å². The zero-order valence-electron chi connectivity index (χ0n) is 6.83. The molecule has 2 nitrogen and oxygen atoms in total. The minimum absolute atomic E-state index is 0.547. The minimum Gasteiger partial charge on any atom is -0.397 e. The predicted octanol–water partition coefficient (Wildman–Crippen LogP) is 1.25. The van der Waals surface area contributed by atoms with E-state index in [-0.39, 0.29) is 0 Å². The molecule has 3 heteroatoms. The second-order valence-electron chi connectivity index (χ2n) is 2.39. The van der Waals surface area contributed by atoms with Crippen LogP contribution in [0.5, 0.6) is 0 Å². The predicted molar refractivity (Wildman–Crippen MR) is 54.1 cm³/mol. The van der Waals surface area contributed by atoms with Crippen LogP contribution >= 0.6 is 12.6 Å². The molecule has 0 atom stereocenters. The van der Waals surface area contributed by atoms with Crippen LogP contribution in [0.2, 0.25) is 0 Å². The molecule has 0 aliphatic heterocycles. The number of nitrogens with two attached hydrogens (primary N) is 1. The lowest BCUT2D eigenvalue weighted by atomic mass is 10.2. The van der Waals surface area contributed by atoms with Gasteiger partial charge in [-0.3, -0.25) is 0 Å². The second kappa shape index (κ2) is 4.03. The van der Waals surface area contributed by atoms with Gasteiger partial charge in [0.05, 0.1) is 17.6 Å². The summed E-state index contributed by atoms with van der Waals surface area (Å²) in [4.78, 5) is 4.08. The smallest absolute Gasteiger partial charge is 0.116 e. The maximum absolute atomic E-state index is 5.53. The molecule has 0 radical (unpaired) electrons. The molecule has 0 bridgehead atoms. The first kappa shape index (κ1) is 8.95. The van der Waals surface area contributed by atoms with Gasteiger partial charge in [-0.2, -0.15) is 12.6 Å². The summed E-state index contributed by atoms with van der Waals surface area (Å²) in [6.07, 6.45) is 1.61. The Labute approximate surface area is 77.6 Å². The summed E-state index contributed by atoms with van der Waals surface area (Å²) in [6, 6.07) is 1.86. The third-order valence-corrected chi connectivity index (χ3v) is 1.54. The molecule has 0 aliphatic carbocycles. The fourth-order valence-electron chi connectivity index (χ4n) is 0.851. The Bertz CT molecular complexity index is 336. The molecular formula is C9H10N2S. The van der Waals surface area contributed by atoms with Crippen molar-refractivity contribution in [3.63, 3.8) is 0 Å². The fraction of sp³-hybridized carbons (Fsp3) is 0.222. The average molecular weight is 178 g/mol. The number of nitrogen functional groups attached to an aromatic ring is 1. The molecule has 1 aromatic rings. The number of nitrogens with zero attached hydrogens (tertiary/aromatic N) is 1. The van der Waals surface area contributed by atoms with Gasteiger partial charge in [0.1, 0.15) is 5.69 Å². The maximum atomic E-state index is 5.53. The van der Waals surface area contributed by atoms with Gasteiger partial charge in [-0.15, -0.1) is 0 Å². The van der Waals surface area contributed by atoms with E-state index in [4.69, 9.17) is 5.73 Å². The van der Waals surface area contributed by atoms with Crippen molar-refractivity contribution in [1.82, 2.24) is 4.98 Å². The Morgan fingerprint density at radius 3 is 3.00 bits per heavy atom. The van der Waals surface area contributed by atoms with E-state index in [0.29, 0.717) is 11.4 Å². The summed E-state index contributed by atoms with van der Waals surface area (Å²) in [7, 11) is 0. The quantitative estimate of drug-likeness (QED) is 0.463. The SMILES string of the molecule is Cc1cc(N)cnc1C#CCS. The van der Waals surface area contributed by atoms with E-state index in [1.165, 1.54) is 0 Å². The van der Waals surface area contributed by atoms with Crippen molar-refractivity contribution in [2.75, 3.05) is 11.5 Å². The summed E-state index contributed by atoms with van der Waals surface area (Å²) in [5.74, 6) is 6.28. The highest BCUT2D eigenvalue weighted by molar-refractivity contribution is 7.80. The van der Waals surface area contributed by atoms with E-state index >= 15 is 0 Å². The normalized spacial score (nSPS) is 8.83. The summed E-state index contributed by atoms with van der Waals surface area (Å²) in [5, 5.41) is 0. The first-order valence-corrected chi connectivity index (χ1v) is 4.19. The van der Waals surface area contributed by atoms with E-state index < -0.39 is 0 Å². The van der Waals surface area contributed by atoms with Crippen LogP contribution in [0.4, 0.5) is 5.69 Å². The summed E-state index contributed by atoms with van der Waals surface area (Å²) in [5.41, 5.74) is 7.98. The molecule has 2 N–H and O–H groups in total. The first-order valence-electron chi connectivity index (χ1n) is 3.56. The number of aryl methyl sites for hydroxylation is 1. The van der Waals surface area contributed by atoms with Crippen molar-refractivity contribution in [3.8, 4) is 11.8 Å². The number of thiol groups is 1. The van der Waals surface area contributed by atoms with E-state index in [2.05, 4.69) is 29.5 Å². The van der Waals surface area contributed by atoms with E-state index in [9.17, 15) is 0 Å². The van der Waals surface area contributed by atoms with Crippen molar-refractivity contribution in [3.05, 3.63) is 23.5 Å². The highest BCUT2D eigenvalue weighted by atomic mass is 32.1. The molecule has 0 amide bonds. The zero-order valence-corrected chi connectivity index (χ0v) is 7.73. The summed E-state index contributed by atoms with van der Waals surface area (Å²) < 4.78 is 0. The Hall–Kier alpha value is -1.14. The van der Waals surface area contributed by atoms with Crippen LogP contribution in [0.1, 0.15) is 11.3 Å². The van der Waals surface area contributed by atoms with Crippen molar-refractivity contribution in [2.24, 2.45) is 0 Å². The van der Waals surface area contributed by atoms with Crippen molar-refractivity contribution in [2.45, 2.75) is 6.92 Å². The lowest BCUT2D eigenvalue weighted by Gasteiger charge is -1.97. The molecule has 0 aromatic carbocycles. The largest absolute Gasteiger partial charge is 0.397 e. The summed E-state index contributed by atoms with van der Waals surface area (Å²) >= 11 is 3.98. The molecule has 0 spiro atoms. The number of aromatic nitrogens is 1. The van der Waals surface area contributed by atoms with Crippen LogP contribution in [-0.2, 0) is 0 Å². The Balaban J connectivity index is 3.01. The summed E-state index contributed by atoms with van der Waals surface area (Å²) in [6.45, 7) is 1.94. The van der Waals surface area contributed by atoms with Crippen molar-refractivity contribution in [1.29, 1.82) is 0 Å². The Morgan fingerprint density at radius 2 is 2.42 bits per heavy atom. The van der Waals surface area contributed by atoms with Gasteiger partial charge in [0, 0.05) is 0 Å². The maximum Gasteiger partial charge on any atom is 0.116 e. The van der Waals surface area contributed by atoms with E-state index in [1.54, 1.807) is 6.20 Å². The molecule has 0 fully saturated rings. The van der Waals surface area contributed by atoms with Gasteiger partial charge in [-0.1, -0.05) is 5.92 Å². The van der Waals surface area contributed by atoms with Gasteiger partial charge in [0.2, 0.25) is 0 Å². The van der Waals surface area contributed by atoms with Gasteiger partial charge in [-0.25, -0.2) is 4.98 Å². The molecule has 1 rings (SSSR count). The van der Waals surface area contributed by atoms with Crippen LogP contribution in [0.15, 0.2) is 12.3 Å². The lowest BCUT2D eigenvalue weighted by molar-refractivity contribution is 1.23. The number of hydrogen-bond donors (Lipinski definition) is 2. The first-order chi connectivity index (χ1) is 5.74. The molecular weight excluding hydrogens is 168 g/mol. The Morgan fingerprint density at radius 1 is 1.67 bits per heavy atom. The van der Waals surface area contributed by atoms with E-state index in [1.807, 2.05) is 13.0 Å². The Kier molecular flexibility index (Phi) is 3.01. The molecule has 0 saturated carbocycles. The number of rotatable bonds is 0. The molecule has 12 heavy (non-hydrogen) atoms. The molecule has 0 saturated heterocycles. The van der Waals surface area contributed by atoms with Crippen LogP contribution in [0.25, 0.3) is 0 Å². The highest BCUT2D eigenvalue weighted by Crippen LogP contribution is 2.07. The van der Waals surface area contributed by atoms with Crippen molar-refractivity contribution >= 4 is 18.3 Å². The molecule has 0 aliphatic rings. The van der Waals surface area contributed by atoms with Crippen molar-refractivity contribution < 1.29 is 0 Å². The van der Waals surface area contributed by atoms with Crippen LogP contribution < -0.4 is 5.73 Å². The topological polar surface area (TPSA) is 38.9 Å². The third-order valence-electron chi connectivity index (χ3n) is 1.39. The fourth-order valence-corrected chi connectivity index (χ4v) is 0.930. The molecule has 62 valence electrons. The van der Waals surface area contributed by atoms with Gasteiger partial charge < -0.3 is 5.73 Å². The van der Waals surface area contributed by atoms with Gasteiger partial charge in [0.25, 0.3) is 0 Å². The number of pyridine rings is 1. The standard InChI is InChI=1S/C9H10N2S/c1-7-5-8(10)6-11-9(7)3-2-4-12/h5-6,12H,4,10H2,1H3. The number of hydrogen-bond acceptors (Lipinski definition) is 3. The second-order valence-corrected chi connectivity index (χ2v) is 2.71. The third kappa shape index (κ3) is 2.18. The van der Waals surface area contributed by atoms with Crippen LogP contribution in [0, 0.1) is 18.8 Å². The van der Waals surface area contributed by atoms with Crippen LogP contribution in [0.3, 0.4) is 0 Å². The zero-order chi connectivity index (χ0) is 8.97. The monoisotopic (exact) mass is 178 g/mol. The average Bonchev–Trinajstić information content (AvgIpc) is 2.03. The van der Waals surface area contributed by atoms with Gasteiger partial charge >= 0.3 is 0 Å². The minimum atomic E-state index is 0.547. The molecule has 0 unspecified atom stereocenters. The number of anilines is 1.